The number of benzene rings is 1. The highest BCUT2D eigenvalue weighted by Crippen LogP contribution is 2.16. The van der Waals surface area contributed by atoms with E-state index in [1.165, 1.54) is 12.3 Å². The molecule has 0 fully saturated rings. The summed E-state index contributed by atoms with van der Waals surface area (Å²) in [6.45, 7) is 4.14. The van der Waals surface area contributed by atoms with Crippen molar-refractivity contribution < 1.29 is 17.2 Å². The van der Waals surface area contributed by atoms with Crippen LogP contribution in [0.2, 0.25) is 0 Å². The van der Waals surface area contributed by atoms with E-state index in [2.05, 4.69) is 5.32 Å². The summed E-state index contributed by atoms with van der Waals surface area (Å²) in [7, 11) is -3.00. The zero-order valence-electron chi connectivity index (χ0n) is 11.3. The van der Waals surface area contributed by atoms with E-state index in [1.807, 2.05) is 13.8 Å². The molecule has 1 N–H and O–H groups in total. The van der Waals surface area contributed by atoms with Crippen LogP contribution in [0.25, 0.3) is 0 Å². The van der Waals surface area contributed by atoms with Crippen LogP contribution in [0.15, 0.2) is 18.2 Å². The van der Waals surface area contributed by atoms with Gasteiger partial charge in [-0.05, 0) is 37.1 Å². The third-order valence-corrected chi connectivity index (χ3v) is 3.98. The molecule has 108 valence electrons. The fourth-order valence-corrected chi connectivity index (χ4v) is 3.00. The van der Waals surface area contributed by atoms with Crippen molar-refractivity contribution in [2.24, 2.45) is 5.92 Å². The van der Waals surface area contributed by atoms with Crippen LogP contribution in [-0.2, 0) is 9.84 Å². The van der Waals surface area contributed by atoms with Crippen molar-refractivity contribution in [3.8, 4) is 0 Å². The summed E-state index contributed by atoms with van der Waals surface area (Å²) in [5.41, 5.74) is 0.630. The molecule has 2 unspecified atom stereocenters. The minimum Gasteiger partial charge on any atom is -0.310 e. The van der Waals surface area contributed by atoms with Gasteiger partial charge in [-0.3, -0.25) is 0 Å². The quantitative estimate of drug-likeness (QED) is 0.875. The van der Waals surface area contributed by atoms with Crippen LogP contribution in [0.4, 0.5) is 8.78 Å². The Kier molecular flexibility index (Phi) is 5.43. The molecule has 0 aliphatic rings. The molecule has 0 saturated heterocycles. The van der Waals surface area contributed by atoms with E-state index in [0.29, 0.717) is 12.1 Å². The number of rotatable bonds is 6. The van der Waals surface area contributed by atoms with Crippen molar-refractivity contribution in [3.63, 3.8) is 0 Å². The predicted octanol–water partition coefficient (Wildman–Crippen LogP) is 2.30. The minimum atomic E-state index is -3.00. The second kappa shape index (κ2) is 6.43. The molecule has 1 aromatic carbocycles. The molecule has 0 aliphatic heterocycles. The lowest BCUT2D eigenvalue weighted by atomic mass is 10.1. The lowest BCUT2D eigenvalue weighted by Crippen LogP contribution is -2.28. The lowest BCUT2D eigenvalue weighted by molar-refractivity contribution is 0.481. The maximum Gasteiger partial charge on any atom is 0.159 e. The van der Waals surface area contributed by atoms with E-state index < -0.39 is 21.5 Å². The van der Waals surface area contributed by atoms with Gasteiger partial charge >= 0.3 is 0 Å². The fraction of sp³-hybridized carbons (Fsp3) is 0.538. The van der Waals surface area contributed by atoms with Crippen molar-refractivity contribution >= 4 is 9.84 Å². The van der Waals surface area contributed by atoms with Gasteiger partial charge in [0, 0.05) is 12.3 Å². The first-order valence-electron chi connectivity index (χ1n) is 6.05. The third-order valence-electron chi connectivity index (χ3n) is 2.80. The molecular weight excluding hydrogens is 272 g/mol. The molecule has 1 rings (SSSR count). The number of sulfone groups is 1. The monoisotopic (exact) mass is 291 g/mol. The first-order chi connectivity index (χ1) is 8.69. The van der Waals surface area contributed by atoms with Crippen LogP contribution < -0.4 is 5.32 Å². The Morgan fingerprint density at radius 1 is 1.21 bits per heavy atom. The molecule has 0 saturated carbocycles. The Hall–Kier alpha value is -1.01. The maximum atomic E-state index is 13.1. The van der Waals surface area contributed by atoms with E-state index in [4.69, 9.17) is 0 Å². The van der Waals surface area contributed by atoms with E-state index >= 15 is 0 Å². The Labute approximate surface area is 112 Å². The topological polar surface area (TPSA) is 46.2 Å². The third kappa shape index (κ3) is 5.65. The van der Waals surface area contributed by atoms with Crippen LogP contribution in [0.5, 0.6) is 0 Å². The molecule has 2 atom stereocenters. The average molecular weight is 291 g/mol. The zero-order valence-corrected chi connectivity index (χ0v) is 12.1. The zero-order chi connectivity index (χ0) is 14.6. The maximum absolute atomic E-state index is 13.1. The summed E-state index contributed by atoms with van der Waals surface area (Å²) in [4.78, 5) is 0. The van der Waals surface area contributed by atoms with Gasteiger partial charge in [-0.25, -0.2) is 17.2 Å². The van der Waals surface area contributed by atoms with Crippen LogP contribution in [0.3, 0.4) is 0 Å². The van der Waals surface area contributed by atoms with Crippen LogP contribution in [0.1, 0.15) is 25.5 Å². The van der Waals surface area contributed by atoms with Crippen molar-refractivity contribution in [1.29, 1.82) is 0 Å². The van der Waals surface area contributed by atoms with Gasteiger partial charge in [0.2, 0.25) is 0 Å². The summed E-state index contributed by atoms with van der Waals surface area (Å²) >= 11 is 0. The Bertz CT molecular complexity index is 531. The molecule has 0 amide bonds. The molecule has 0 aliphatic carbocycles. The Morgan fingerprint density at radius 2 is 1.84 bits per heavy atom. The average Bonchev–Trinajstić information content (AvgIpc) is 2.27. The number of hydrogen-bond donors (Lipinski definition) is 1. The fourth-order valence-electron chi connectivity index (χ4n) is 1.85. The van der Waals surface area contributed by atoms with E-state index in [-0.39, 0.29) is 17.7 Å². The normalized spacial score (nSPS) is 15.2. The SMILES string of the molecule is CC(CNC(C)c1ccc(F)c(F)c1)CS(C)(=O)=O. The highest BCUT2D eigenvalue weighted by atomic mass is 32.2. The molecule has 19 heavy (non-hydrogen) atoms. The molecule has 1 aromatic rings. The van der Waals surface area contributed by atoms with Gasteiger partial charge in [0.05, 0.1) is 5.75 Å². The van der Waals surface area contributed by atoms with Crippen molar-refractivity contribution in [1.82, 2.24) is 5.32 Å². The number of halogens is 2. The molecule has 0 radical (unpaired) electrons. The molecule has 0 heterocycles. The summed E-state index contributed by atoms with van der Waals surface area (Å²) in [5, 5.41) is 3.11. The van der Waals surface area contributed by atoms with Crippen molar-refractivity contribution in [2.75, 3.05) is 18.6 Å². The van der Waals surface area contributed by atoms with Crippen LogP contribution in [0, 0.1) is 17.6 Å². The Morgan fingerprint density at radius 3 is 2.37 bits per heavy atom. The second-order valence-corrected chi connectivity index (χ2v) is 7.19. The predicted molar refractivity (Wildman–Crippen MR) is 71.7 cm³/mol. The van der Waals surface area contributed by atoms with Crippen LogP contribution >= 0.6 is 0 Å². The summed E-state index contributed by atoms with van der Waals surface area (Å²) in [6, 6.07) is 3.58. The molecular formula is C13H19F2NO2S. The van der Waals surface area contributed by atoms with E-state index in [0.717, 1.165) is 12.1 Å². The molecule has 0 aromatic heterocycles. The first kappa shape index (κ1) is 16.0. The molecule has 0 bridgehead atoms. The number of nitrogens with one attached hydrogen (secondary N) is 1. The van der Waals surface area contributed by atoms with Crippen LogP contribution in [-0.4, -0.2) is 27.0 Å². The second-order valence-electron chi connectivity index (χ2n) is 5.00. The highest BCUT2D eigenvalue weighted by molar-refractivity contribution is 7.90. The minimum absolute atomic E-state index is 0.0391. The van der Waals surface area contributed by atoms with Gasteiger partial charge < -0.3 is 5.32 Å². The van der Waals surface area contributed by atoms with E-state index in [1.54, 1.807) is 0 Å². The largest absolute Gasteiger partial charge is 0.310 e. The highest BCUT2D eigenvalue weighted by Gasteiger charge is 2.13. The number of hydrogen-bond acceptors (Lipinski definition) is 3. The van der Waals surface area contributed by atoms with Crippen molar-refractivity contribution in [3.05, 3.63) is 35.4 Å². The van der Waals surface area contributed by atoms with Gasteiger partial charge in [0.1, 0.15) is 9.84 Å². The molecule has 3 nitrogen and oxygen atoms in total. The lowest BCUT2D eigenvalue weighted by Gasteiger charge is -2.17. The summed E-state index contributed by atoms with van der Waals surface area (Å²) in [6.07, 6.45) is 1.20. The molecule has 0 spiro atoms. The van der Waals surface area contributed by atoms with Gasteiger partial charge in [0.15, 0.2) is 11.6 Å². The first-order valence-corrected chi connectivity index (χ1v) is 8.11. The summed E-state index contributed by atoms with van der Waals surface area (Å²) in [5.74, 6) is -1.69. The Balaban J connectivity index is 2.55. The van der Waals surface area contributed by atoms with Gasteiger partial charge in [-0.2, -0.15) is 0 Å². The van der Waals surface area contributed by atoms with E-state index in [9.17, 15) is 17.2 Å². The standard InChI is InChI=1S/C13H19F2NO2S/c1-9(8-19(3,17)18)7-16-10(2)11-4-5-12(14)13(15)6-11/h4-6,9-10,16H,7-8H2,1-3H3. The summed E-state index contributed by atoms with van der Waals surface area (Å²) < 4.78 is 48.1. The van der Waals surface area contributed by atoms with Gasteiger partial charge in [-0.15, -0.1) is 0 Å². The molecule has 6 heteroatoms. The van der Waals surface area contributed by atoms with Gasteiger partial charge in [-0.1, -0.05) is 13.0 Å². The smallest absolute Gasteiger partial charge is 0.159 e. The van der Waals surface area contributed by atoms with Crippen molar-refractivity contribution in [2.45, 2.75) is 19.9 Å². The van der Waals surface area contributed by atoms with Gasteiger partial charge in [0.25, 0.3) is 0 Å².